The molecule has 2 heterocycles. The first-order valence-electron chi connectivity index (χ1n) is 8.18. The van der Waals surface area contributed by atoms with E-state index in [1.165, 1.54) is 6.42 Å². The largest absolute Gasteiger partial charge is 0.378 e. The van der Waals surface area contributed by atoms with Crippen LogP contribution in [0, 0.1) is 0 Å². The van der Waals surface area contributed by atoms with Gasteiger partial charge in [0.2, 0.25) is 5.91 Å². The maximum absolute atomic E-state index is 12.2. The van der Waals surface area contributed by atoms with Crippen molar-refractivity contribution in [1.29, 1.82) is 0 Å². The molecule has 0 unspecified atom stereocenters. The second-order valence-corrected chi connectivity index (χ2v) is 6.23. The van der Waals surface area contributed by atoms with Crippen molar-refractivity contribution in [1.82, 2.24) is 4.90 Å². The van der Waals surface area contributed by atoms with Gasteiger partial charge in [-0.25, -0.2) is 4.79 Å². The molecule has 2 aliphatic rings. The molecule has 0 aliphatic carbocycles. The molecule has 124 valence electrons. The van der Waals surface area contributed by atoms with Crippen LogP contribution in [0.3, 0.4) is 0 Å². The van der Waals surface area contributed by atoms with E-state index in [1.54, 1.807) is 18.0 Å². The molecule has 0 saturated carbocycles. The van der Waals surface area contributed by atoms with Gasteiger partial charge in [0.15, 0.2) is 0 Å². The third-order valence-electron chi connectivity index (χ3n) is 4.39. The maximum Gasteiger partial charge on any atom is 0.321 e. The number of nitrogens with zero attached hydrogens (tertiary/aromatic N) is 1. The zero-order valence-electron chi connectivity index (χ0n) is 13.4. The fraction of sp³-hybridized carbons (Fsp3) is 0.529. The fourth-order valence-corrected chi connectivity index (χ4v) is 3.00. The third-order valence-corrected chi connectivity index (χ3v) is 4.39. The summed E-state index contributed by atoms with van der Waals surface area (Å²) >= 11 is 0. The van der Waals surface area contributed by atoms with Gasteiger partial charge in [-0.1, -0.05) is 0 Å². The maximum atomic E-state index is 12.2. The topological polar surface area (TPSA) is 70.7 Å². The van der Waals surface area contributed by atoms with Crippen LogP contribution in [0.15, 0.2) is 18.2 Å². The number of carbonyl (C=O) groups excluding carboxylic acids is 2. The predicted octanol–water partition coefficient (Wildman–Crippen LogP) is 2.60. The summed E-state index contributed by atoms with van der Waals surface area (Å²) in [7, 11) is 1.79. The molecule has 23 heavy (non-hydrogen) atoms. The Morgan fingerprint density at radius 3 is 3.09 bits per heavy atom. The Balaban J connectivity index is 1.50. The van der Waals surface area contributed by atoms with Crippen molar-refractivity contribution in [3.63, 3.8) is 0 Å². The Kier molecular flexibility index (Phi) is 4.81. The smallest absolute Gasteiger partial charge is 0.321 e. The molecule has 2 N–H and O–H groups in total. The molecule has 6 nitrogen and oxygen atoms in total. The van der Waals surface area contributed by atoms with Crippen LogP contribution < -0.4 is 10.6 Å². The van der Waals surface area contributed by atoms with Crippen molar-refractivity contribution >= 4 is 23.3 Å². The van der Waals surface area contributed by atoms with Gasteiger partial charge in [0, 0.05) is 31.6 Å². The summed E-state index contributed by atoms with van der Waals surface area (Å²) in [5, 5.41) is 5.66. The van der Waals surface area contributed by atoms with E-state index in [-0.39, 0.29) is 18.0 Å². The monoisotopic (exact) mass is 317 g/mol. The third kappa shape index (κ3) is 4.01. The van der Waals surface area contributed by atoms with Crippen LogP contribution in [-0.2, 0) is 16.0 Å². The first kappa shape index (κ1) is 15.8. The first-order valence-corrected chi connectivity index (χ1v) is 8.18. The zero-order valence-corrected chi connectivity index (χ0v) is 13.4. The van der Waals surface area contributed by atoms with Crippen LogP contribution in [0.25, 0.3) is 0 Å². The number of rotatable bonds is 4. The van der Waals surface area contributed by atoms with E-state index >= 15 is 0 Å². The lowest BCUT2D eigenvalue weighted by atomic mass is 10.1. The fourth-order valence-electron chi connectivity index (χ4n) is 3.00. The molecule has 1 saturated heterocycles. The SMILES string of the molecule is CN(CC[C@@H]1CCCCO1)C(=O)Nc1ccc2c(c1)CC(=O)N2. The van der Waals surface area contributed by atoms with E-state index in [0.717, 1.165) is 37.1 Å². The van der Waals surface area contributed by atoms with Crippen LogP contribution in [0.5, 0.6) is 0 Å². The molecule has 0 bridgehead atoms. The van der Waals surface area contributed by atoms with Crippen molar-refractivity contribution in [3.8, 4) is 0 Å². The predicted molar refractivity (Wildman–Crippen MR) is 88.6 cm³/mol. The first-order chi connectivity index (χ1) is 11.1. The Hall–Kier alpha value is -2.08. The summed E-state index contributed by atoms with van der Waals surface area (Å²) in [6.07, 6.45) is 4.95. The summed E-state index contributed by atoms with van der Waals surface area (Å²) < 4.78 is 5.69. The number of benzene rings is 1. The molecule has 1 aromatic carbocycles. The molecule has 1 aromatic rings. The zero-order chi connectivity index (χ0) is 16.2. The normalized spacial score (nSPS) is 19.9. The molecule has 3 amide bonds. The highest BCUT2D eigenvalue weighted by Crippen LogP contribution is 2.26. The summed E-state index contributed by atoms with van der Waals surface area (Å²) in [4.78, 5) is 25.3. The molecule has 1 atom stereocenters. The number of hydrogen-bond acceptors (Lipinski definition) is 3. The van der Waals surface area contributed by atoms with Crippen molar-refractivity contribution in [2.45, 2.75) is 38.2 Å². The van der Waals surface area contributed by atoms with E-state index in [9.17, 15) is 9.59 Å². The summed E-state index contributed by atoms with van der Waals surface area (Å²) in [5.74, 6) is -0.00641. The van der Waals surface area contributed by atoms with Gasteiger partial charge >= 0.3 is 6.03 Å². The minimum absolute atomic E-state index is 0.00641. The van der Waals surface area contributed by atoms with Crippen molar-refractivity contribution in [2.24, 2.45) is 0 Å². The van der Waals surface area contributed by atoms with Crippen LogP contribution in [0.4, 0.5) is 16.2 Å². The number of carbonyl (C=O) groups is 2. The Bertz CT molecular complexity index is 597. The standard InChI is InChI=1S/C17H23N3O3/c1-20(8-7-14-4-2-3-9-23-14)17(22)18-13-5-6-15-12(10-13)11-16(21)19-15/h5-6,10,14H,2-4,7-9,11H2,1H3,(H,18,22)(H,19,21)/t14-/m0/s1. The molecule has 3 rings (SSSR count). The number of amides is 3. The average molecular weight is 317 g/mol. The van der Waals surface area contributed by atoms with E-state index < -0.39 is 0 Å². The highest BCUT2D eigenvalue weighted by atomic mass is 16.5. The Labute approximate surface area is 136 Å². The number of hydrogen-bond donors (Lipinski definition) is 2. The lowest BCUT2D eigenvalue weighted by Crippen LogP contribution is -2.34. The van der Waals surface area contributed by atoms with Crippen molar-refractivity contribution in [2.75, 3.05) is 30.8 Å². The molecule has 2 aliphatic heterocycles. The van der Waals surface area contributed by atoms with Gasteiger partial charge in [-0.2, -0.15) is 0 Å². The lowest BCUT2D eigenvalue weighted by Gasteiger charge is -2.25. The van der Waals surface area contributed by atoms with E-state index in [4.69, 9.17) is 4.74 Å². The average Bonchev–Trinajstić information content (AvgIpc) is 2.92. The van der Waals surface area contributed by atoms with Crippen LogP contribution >= 0.6 is 0 Å². The van der Waals surface area contributed by atoms with Crippen LogP contribution in [0.2, 0.25) is 0 Å². The van der Waals surface area contributed by atoms with Crippen LogP contribution in [0.1, 0.15) is 31.2 Å². The van der Waals surface area contributed by atoms with E-state index in [0.29, 0.717) is 18.7 Å². The van der Waals surface area contributed by atoms with Crippen molar-refractivity contribution < 1.29 is 14.3 Å². The van der Waals surface area contributed by atoms with Gasteiger partial charge in [-0.3, -0.25) is 4.79 Å². The number of ether oxygens (including phenoxy) is 1. The van der Waals surface area contributed by atoms with E-state index in [2.05, 4.69) is 10.6 Å². The Morgan fingerprint density at radius 2 is 2.30 bits per heavy atom. The van der Waals surface area contributed by atoms with Gasteiger partial charge in [0.25, 0.3) is 0 Å². The van der Waals surface area contributed by atoms with Gasteiger partial charge in [0.1, 0.15) is 0 Å². The van der Waals surface area contributed by atoms with Crippen LogP contribution in [-0.4, -0.2) is 43.1 Å². The lowest BCUT2D eigenvalue weighted by molar-refractivity contribution is -0.115. The highest BCUT2D eigenvalue weighted by Gasteiger charge is 2.19. The minimum Gasteiger partial charge on any atom is -0.378 e. The molecule has 0 spiro atoms. The van der Waals surface area contributed by atoms with Gasteiger partial charge in [-0.15, -0.1) is 0 Å². The number of fused-ring (bicyclic) bond motifs is 1. The summed E-state index contributed by atoms with van der Waals surface area (Å²) in [5.41, 5.74) is 2.47. The molecule has 1 fully saturated rings. The number of urea groups is 1. The quantitative estimate of drug-likeness (QED) is 0.897. The molecular weight excluding hydrogens is 294 g/mol. The van der Waals surface area contributed by atoms with E-state index in [1.807, 2.05) is 12.1 Å². The molecule has 0 aromatic heterocycles. The van der Waals surface area contributed by atoms with Gasteiger partial charge in [0.05, 0.1) is 12.5 Å². The summed E-state index contributed by atoms with van der Waals surface area (Å²) in [6.45, 7) is 1.50. The van der Waals surface area contributed by atoms with Gasteiger partial charge in [-0.05, 0) is 49.4 Å². The number of anilines is 2. The second-order valence-electron chi connectivity index (χ2n) is 6.23. The highest BCUT2D eigenvalue weighted by molar-refractivity contribution is 6.00. The number of nitrogens with one attached hydrogen (secondary N) is 2. The van der Waals surface area contributed by atoms with Crippen molar-refractivity contribution in [3.05, 3.63) is 23.8 Å². The molecule has 0 radical (unpaired) electrons. The Morgan fingerprint density at radius 1 is 1.43 bits per heavy atom. The second kappa shape index (κ2) is 7.00. The molecule has 6 heteroatoms. The minimum atomic E-state index is -0.141. The summed E-state index contributed by atoms with van der Waals surface area (Å²) in [6, 6.07) is 5.34. The van der Waals surface area contributed by atoms with Gasteiger partial charge < -0.3 is 20.3 Å². The molecular formula is C17H23N3O3.